The van der Waals surface area contributed by atoms with E-state index in [-0.39, 0.29) is 0 Å². The van der Waals surface area contributed by atoms with Crippen LogP contribution in [0.25, 0.3) is 0 Å². The van der Waals surface area contributed by atoms with E-state index in [0.29, 0.717) is 12.1 Å². The summed E-state index contributed by atoms with van der Waals surface area (Å²) in [7, 11) is 0. The quantitative estimate of drug-likeness (QED) is 0.848. The van der Waals surface area contributed by atoms with E-state index in [1.54, 1.807) is 0 Å². The van der Waals surface area contributed by atoms with Crippen LogP contribution < -0.4 is 5.32 Å². The summed E-state index contributed by atoms with van der Waals surface area (Å²) in [5, 5.41) is 12.0. The van der Waals surface area contributed by atoms with Crippen molar-refractivity contribution in [1.82, 2.24) is 20.1 Å². The molecule has 2 aliphatic rings. The normalized spacial score (nSPS) is 30.6. The van der Waals surface area contributed by atoms with Gasteiger partial charge in [0.1, 0.15) is 12.2 Å². The lowest BCUT2D eigenvalue weighted by Gasteiger charge is -2.29. The first-order chi connectivity index (χ1) is 7.88. The maximum absolute atomic E-state index is 4.32. The van der Waals surface area contributed by atoms with Crippen LogP contribution in [0.15, 0.2) is 6.33 Å². The standard InChI is InChI=1S/C12H20N4/c1-2-9-5-6-13-11(7-9)12-15-14-8-16(12)10-3-4-10/h8-11,13H,2-7H2,1H3. The minimum atomic E-state index is 0.432. The number of nitrogens with one attached hydrogen (secondary N) is 1. The number of nitrogens with zero attached hydrogens (tertiary/aromatic N) is 3. The van der Waals surface area contributed by atoms with Gasteiger partial charge in [0.15, 0.2) is 0 Å². The van der Waals surface area contributed by atoms with Crippen LogP contribution in [-0.4, -0.2) is 21.3 Å². The third kappa shape index (κ3) is 1.86. The molecular formula is C12H20N4. The molecule has 4 nitrogen and oxygen atoms in total. The monoisotopic (exact) mass is 220 g/mol. The lowest BCUT2D eigenvalue weighted by Crippen LogP contribution is -2.33. The predicted octanol–water partition coefficient (Wildman–Crippen LogP) is 2.06. The molecule has 0 spiro atoms. The summed E-state index contributed by atoms with van der Waals surface area (Å²) >= 11 is 0. The number of hydrogen-bond donors (Lipinski definition) is 1. The molecule has 2 fully saturated rings. The smallest absolute Gasteiger partial charge is 0.150 e. The highest BCUT2D eigenvalue weighted by Gasteiger charge is 2.31. The van der Waals surface area contributed by atoms with Gasteiger partial charge in [-0.1, -0.05) is 13.3 Å². The third-order valence-electron chi connectivity index (χ3n) is 3.94. The maximum atomic E-state index is 4.32. The van der Waals surface area contributed by atoms with Crippen LogP contribution in [-0.2, 0) is 0 Å². The van der Waals surface area contributed by atoms with E-state index in [9.17, 15) is 0 Å². The second-order valence-electron chi connectivity index (χ2n) is 5.13. The van der Waals surface area contributed by atoms with Gasteiger partial charge in [-0.25, -0.2) is 0 Å². The molecule has 0 amide bonds. The van der Waals surface area contributed by atoms with Gasteiger partial charge in [0.05, 0.1) is 6.04 Å². The van der Waals surface area contributed by atoms with Crippen molar-refractivity contribution in [3.8, 4) is 0 Å². The molecule has 2 heterocycles. The molecule has 1 aliphatic heterocycles. The Morgan fingerprint density at radius 2 is 2.31 bits per heavy atom. The van der Waals surface area contributed by atoms with Crippen LogP contribution in [0.3, 0.4) is 0 Å². The molecule has 4 heteroatoms. The predicted molar refractivity (Wildman–Crippen MR) is 62.1 cm³/mol. The van der Waals surface area contributed by atoms with Crippen molar-refractivity contribution in [2.75, 3.05) is 6.54 Å². The van der Waals surface area contributed by atoms with Gasteiger partial charge in [0.25, 0.3) is 0 Å². The van der Waals surface area contributed by atoms with Crippen LogP contribution in [0.5, 0.6) is 0 Å². The van der Waals surface area contributed by atoms with Gasteiger partial charge in [-0.15, -0.1) is 10.2 Å². The zero-order chi connectivity index (χ0) is 11.0. The fourth-order valence-corrected chi connectivity index (χ4v) is 2.70. The molecule has 1 saturated carbocycles. The molecule has 1 saturated heterocycles. The first-order valence-electron chi connectivity index (χ1n) is 6.51. The summed E-state index contributed by atoms with van der Waals surface area (Å²) in [5.41, 5.74) is 0. The molecule has 0 radical (unpaired) electrons. The molecule has 88 valence electrons. The molecule has 16 heavy (non-hydrogen) atoms. The Kier molecular flexibility index (Phi) is 2.67. The number of piperidine rings is 1. The molecule has 3 rings (SSSR count). The molecule has 1 aromatic heterocycles. The first-order valence-corrected chi connectivity index (χ1v) is 6.51. The Bertz CT molecular complexity index is 356. The highest BCUT2D eigenvalue weighted by atomic mass is 15.3. The topological polar surface area (TPSA) is 42.7 Å². The van der Waals surface area contributed by atoms with Crippen LogP contribution >= 0.6 is 0 Å². The van der Waals surface area contributed by atoms with Crippen LogP contribution in [0, 0.1) is 5.92 Å². The van der Waals surface area contributed by atoms with Gasteiger partial charge in [-0.05, 0) is 38.1 Å². The summed E-state index contributed by atoms with van der Waals surface area (Å²) in [6.07, 6.45) is 8.33. The van der Waals surface area contributed by atoms with Crippen molar-refractivity contribution in [1.29, 1.82) is 0 Å². The second-order valence-corrected chi connectivity index (χ2v) is 5.13. The molecule has 1 aliphatic carbocycles. The SMILES string of the molecule is CCC1CCNC(c2nncn2C2CC2)C1. The minimum absolute atomic E-state index is 0.432. The second kappa shape index (κ2) is 4.17. The average molecular weight is 220 g/mol. The lowest BCUT2D eigenvalue weighted by molar-refractivity contribution is 0.285. The van der Waals surface area contributed by atoms with E-state index in [0.717, 1.165) is 12.5 Å². The van der Waals surface area contributed by atoms with E-state index in [4.69, 9.17) is 0 Å². The van der Waals surface area contributed by atoms with Crippen molar-refractivity contribution in [2.24, 2.45) is 5.92 Å². The van der Waals surface area contributed by atoms with E-state index >= 15 is 0 Å². The Morgan fingerprint density at radius 1 is 1.44 bits per heavy atom. The molecule has 1 aromatic rings. The Hall–Kier alpha value is -0.900. The van der Waals surface area contributed by atoms with Gasteiger partial charge in [0.2, 0.25) is 0 Å². The molecule has 0 bridgehead atoms. The largest absolute Gasteiger partial charge is 0.313 e. The van der Waals surface area contributed by atoms with Crippen molar-refractivity contribution in [3.05, 3.63) is 12.2 Å². The Balaban J connectivity index is 1.77. The average Bonchev–Trinajstić information content (AvgIpc) is 3.07. The Morgan fingerprint density at radius 3 is 3.06 bits per heavy atom. The van der Waals surface area contributed by atoms with E-state index < -0.39 is 0 Å². The van der Waals surface area contributed by atoms with E-state index in [1.165, 1.54) is 37.9 Å². The summed E-state index contributed by atoms with van der Waals surface area (Å²) in [6, 6.07) is 1.12. The highest BCUT2D eigenvalue weighted by molar-refractivity contribution is 5.02. The molecule has 2 unspecified atom stereocenters. The summed E-state index contributed by atoms with van der Waals surface area (Å²) in [6.45, 7) is 3.42. The van der Waals surface area contributed by atoms with E-state index in [2.05, 4.69) is 27.0 Å². The number of rotatable bonds is 3. The van der Waals surface area contributed by atoms with Crippen LogP contribution in [0.1, 0.15) is 56.9 Å². The van der Waals surface area contributed by atoms with E-state index in [1.807, 2.05) is 6.33 Å². The van der Waals surface area contributed by atoms with Gasteiger partial charge in [-0.2, -0.15) is 0 Å². The van der Waals surface area contributed by atoms with Gasteiger partial charge in [0, 0.05) is 6.04 Å². The molecule has 1 N–H and O–H groups in total. The zero-order valence-corrected chi connectivity index (χ0v) is 9.89. The number of hydrogen-bond acceptors (Lipinski definition) is 3. The van der Waals surface area contributed by atoms with Crippen molar-refractivity contribution in [3.63, 3.8) is 0 Å². The highest BCUT2D eigenvalue weighted by Crippen LogP contribution is 2.38. The fourth-order valence-electron chi connectivity index (χ4n) is 2.70. The third-order valence-corrected chi connectivity index (χ3v) is 3.94. The van der Waals surface area contributed by atoms with Gasteiger partial charge >= 0.3 is 0 Å². The Labute approximate surface area is 96.4 Å². The minimum Gasteiger partial charge on any atom is -0.313 e. The maximum Gasteiger partial charge on any atom is 0.150 e. The summed E-state index contributed by atoms with van der Waals surface area (Å²) in [5.74, 6) is 2.02. The van der Waals surface area contributed by atoms with Gasteiger partial charge in [-0.3, -0.25) is 0 Å². The van der Waals surface area contributed by atoms with Crippen LogP contribution in [0.4, 0.5) is 0 Å². The molecule has 0 aromatic carbocycles. The summed E-state index contributed by atoms with van der Waals surface area (Å²) < 4.78 is 2.29. The molecule has 2 atom stereocenters. The summed E-state index contributed by atoms with van der Waals surface area (Å²) in [4.78, 5) is 0. The van der Waals surface area contributed by atoms with Crippen LogP contribution in [0.2, 0.25) is 0 Å². The first kappa shape index (κ1) is 10.3. The number of aromatic nitrogens is 3. The van der Waals surface area contributed by atoms with Crippen molar-refractivity contribution >= 4 is 0 Å². The molecular weight excluding hydrogens is 200 g/mol. The van der Waals surface area contributed by atoms with Gasteiger partial charge < -0.3 is 9.88 Å². The van der Waals surface area contributed by atoms with Crippen molar-refractivity contribution < 1.29 is 0 Å². The van der Waals surface area contributed by atoms with Crippen molar-refractivity contribution in [2.45, 2.75) is 51.1 Å². The lowest BCUT2D eigenvalue weighted by atomic mass is 9.90. The zero-order valence-electron chi connectivity index (χ0n) is 9.89. The fraction of sp³-hybridized carbons (Fsp3) is 0.833.